The molecular formula is C11H13NO4. The van der Waals surface area contributed by atoms with E-state index >= 15 is 0 Å². The van der Waals surface area contributed by atoms with E-state index in [1.807, 2.05) is 0 Å². The highest BCUT2D eigenvalue weighted by molar-refractivity contribution is 5.84. The van der Waals surface area contributed by atoms with E-state index in [9.17, 15) is 14.7 Å². The van der Waals surface area contributed by atoms with Gasteiger partial charge in [-0.05, 0) is 13.0 Å². The average molecular weight is 223 g/mol. The van der Waals surface area contributed by atoms with Crippen LogP contribution in [0.3, 0.4) is 0 Å². The third-order valence-corrected chi connectivity index (χ3v) is 2.09. The molecule has 0 saturated heterocycles. The van der Waals surface area contributed by atoms with Crippen molar-refractivity contribution in [3.05, 3.63) is 29.8 Å². The van der Waals surface area contributed by atoms with Crippen molar-refractivity contribution in [2.24, 2.45) is 0 Å². The predicted octanol–water partition coefficient (Wildman–Crippen LogP) is 0.524. The van der Waals surface area contributed by atoms with Crippen molar-refractivity contribution in [1.29, 1.82) is 0 Å². The lowest BCUT2D eigenvalue weighted by Gasteiger charge is -2.09. The molecule has 1 aromatic rings. The Morgan fingerprint density at radius 3 is 2.56 bits per heavy atom. The Labute approximate surface area is 92.7 Å². The largest absolute Gasteiger partial charge is 0.508 e. The van der Waals surface area contributed by atoms with Crippen LogP contribution in [0.5, 0.6) is 5.75 Å². The van der Waals surface area contributed by atoms with Gasteiger partial charge in [0, 0.05) is 5.56 Å². The number of carbonyl (C=O) groups is 2. The quantitative estimate of drug-likeness (QED) is 0.694. The summed E-state index contributed by atoms with van der Waals surface area (Å²) in [6, 6.07) is 5.50. The molecule has 0 bridgehead atoms. The standard InChI is InChI=1S/C11H13NO4/c1-7(11(15)16)12-10(14)6-8-4-2-3-5-9(8)13/h2-5,7,13H,6H2,1H3,(H,12,14)(H,15,16)/t7-/m1/s1. The van der Waals surface area contributed by atoms with Gasteiger partial charge in [-0.25, -0.2) is 0 Å². The Morgan fingerprint density at radius 2 is 2.00 bits per heavy atom. The maximum atomic E-state index is 11.4. The van der Waals surface area contributed by atoms with Crippen molar-refractivity contribution >= 4 is 11.9 Å². The van der Waals surface area contributed by atoms with Crippen LogP contribution < -0.4 is 5.32 Å². The summed E-state index contributed by atoms with van der Waals surface area (Å²) in [5.41, 5.74) is 0.470. The van der Waals surface area contributed by atoms with E-state index in [-0.39, 0.29) is 12.2 Å². The zero-order valence-electron chi connectivity index (χ0n) is 8.80. The topological polar surface area (TPSA) is 86.6 Å². The number of aromatic hydroxyl groups is 1. The summed E-state index contributed by atoms with van der Waals surface area (Å²) >= 11 is 0. The van der Waals surface area contributed by atoms with Gasteiger partial charge in [-0.3, -0.25) is 9.59 Å². The van der Waals surface area contributed by atoms with Crippen molar-refractivity contribution in [2.45, 2.75) is 19.4 Å². The smallest absolute Gasteiger partial charge is 0.325 e. The van der Waals surface area contributed by atoms with Gasteiger partial charge in [-0.15, -0.1) is 0 Å². The number of carbonyl (C=O) groups excluding carboxylic acids is 1. The average Bonchev–Trinajstić information content (AvgIpc) is 2.21. The Morgan fingerprint density at radius 1 is 1.38 bits per heavy atom. The number of carboxylic acid groups (broad SMARTS) is 1. The van der Waals surface area contributed by atoms with Crippen molar-refractivity contribution < 1.29 is 19.8 Å². The van der Waals surface area contributed by atoms with E-state index in [0.717, 1.165) is 0 Å². The van der Waals surface area contributed by atoms with Gasteiger partial charge in [0.25, 0.3) is 0 Å². The molecule has 16 heavy (non-hydrogen) atoms. The molecule has 0 aromatic heterocycles. The summed E-state index contributed by atoms with van der Waals surface area (Å²) in [7, 11) is 0. The van der Waals surface area contributed by atoms with Gasteiger partial charge in [0.05, 0.1) is 6.42 Å². The molecule has 1 atom stereocenters. The van der Waals surface area contributed by atoms with Gasteiger partial charge in [0.2, 0.25) is 5.91 Å². The van der Waals surface area contributed by atoms with Crippen molar-refractivity contribution in [3.8, 4) is 5.75 Å². The first-order chi connectivity index (χ1) is 7.50. The number of para-hydroxylation sites is 1. The molecule has 0 radical (unpaired) electrons. The summed E-state index contributed by atoms with van der Waals surface area (Å²) in [6.07, 6.45) is -0.0374. The zero-order valence-corrected chi connectivity index (χ0v) is 8.80. The van der Waals surface area contributed by atoms with Gasteiger partial charge in [-0.1, -0.05) is 18.2 Å². The second-order valence-corrected chi connectivity index (χ2v) is 3.43. The van der Waals surface area contributed by atoms with E-state index in [0.29, 0.717) is 5.56 Å². The van der Waals surface area contributed by atoms with Crippen LogP contribution in [0.1, 0.15) is 12.5 Å². The summed E-state index contributed by atoms with van der Waals surface area (Å²) in [6.45, 7) is 1.38. The highest BCUT2D eigenvalue weighted by Gasteiger charge is 2.14. The molecule has 5 nitrogen and oxygen atoms in total. The normalized spacial score (nSPS) is 11.8. The fraction of sp³-hybridized carbons (Fsp3) is 0.273. The molecule has 0 aliphatic heterocycles. The number of aliphatic carboxylic acids is 1. The molecule has 86 valence electrons. The van der Waals surface area contributed by atoms with Gasteiger partial charge >= 0.3 is 5.97 Å². The highest BCUT2D eigenvalue weighted by Crippen LogP contribution is 2.15. The second-order valence-electron chi connectivity index (χ2n) is 3.43. The van der Waals surface area contributed by atoms with Crippen LogP contribution in [0.4, 0.5) is 0 Å². The molecule has 0 unspecified atom stereocenters. The molecular weight excluding hydrogens is 210 g/mol. The van der Waals surface area contributed by atoms with E-state index in [2.05, 4.69) is 5.32 Å². The molecule has 0 spiro atoms. The van der Waals surface area contributed by atoms with E-state index in [1.165, 1.54) is 13.0 Å². The maximum Gasteiger partial charge on any atom is 0.325 e. The highest BCUT2D eigenvalue weighted by atomic mass is 16.4. The van der Waals surface area contributed by atoms with Gasteiger partial charge in [0.1, 0.15) is 11.8 Å². The third-order valence-electron chi connectivity index (χ3n) is 2.09. The second kappa shape index (κ2) is 5.16. The Kier molecular flexibility index (Phi) is 3.88. The van der Waals surface area contributed by atoms with E-state index < -0.39 is 17.9 Å². The van der Waals surface area contributed by atoms with Crippen LogP contribution in [0, 0.1) is 0 Å². The summed E-state index contributed by atoms with van der Waals surface area (Å²) in [5.74, 6) is -1.50. The number of rotatable bonds is 4. The molecule has 0 aliphatic carbocycles. The SMILES string of the molecule is C[C@@H](NC(=O)Cc1ccccc1O)C(=O)O. The molecule has 0 heterocycles. The molecule has 0 saturated carbocycles. The van der Waals surface area contributed by atoms with Crippen LogP contribution in [0.15, 0.2) is 24.3 Å². The number of carboxylic acids is 1. The zero-order chi connectivity index (χ0) is 12.1. The van der Waals surface area contributed by atoms with Crippen molar-refractivity contribution in [2.75, 3.05) is 0 Å². The van der Waals surface area contributed by atoms with Crippen LogP contribution in [0.25, 0.3) is 0 Å². The van der Waals surface area contributed by atoms with Gasteiger partial charge < -0.3 is 15.5 Å². The fourth-order valence-corrected chi connectivity index (χ4v) is 1.19. The molecule has 1 rings (SSSR count). The first-order valence-electron chi connectivity index (χ1n) is 4.79. The lowest BCUT2D eigenvalue weighted by Crippen LogP contribution is -2.39. The minimum Gasteiger partial charge on any atom is -0.508 e. The minimum atomic E-state index is -1.09. The Balaban J connectivity index is 2.59. The molecule has 1 amide bonds. The van der Waals surface area contributed by atoms with E-state index in [1.54, 1.807) is 18.2 Å². The van der Waals surface area contributed by atoms with Gasteiger partial charge in [-0.2, -0.15) is 0 Å². The number of hydrogen-bond donors (Lipinski definition) is 3. The molecule has 5 heteroatoms. The summed E-state index contributed by atoms with van der Waals surface area (Å²) < 4.78 is 0. The number of phenols is 1. The maximum absolute atomic E-state index is 11.4. The molecule has 3 N–H and O–H groups in total. The summed E-state index contributed by atoms with van der Waals surface area (Å²) in [5, 5.41) is 20.3. The van der Waals surface area contributed by atoms with E-state index in [4.69, 9.17) is 5.11 Å². The summed E-state index contributed by atoms with van der Waals surface area (Å²) in [4.78, 5) is 21.9. The lowest BCUT2D eigenvalue weighted by atomic mass is 10.1. The van der Waals surface area contributed by atoms with Crippen molar-refractivity contribution in [3.63, 3.8) is 0 Å². The van der Waals surface area contributed by atoms with Crippen LogP contribution in [-0.2, 0) is 16.0 Å². The minimum absolute atomic E-state index is 0.0284. The number of benzene rings is 1. The molecule has 1 aromatic carbocycles. The predicted molar refractivity (Wildman–Crippen MR) is 57.1 cm³/mol. The van der Waals surface area contributed by atoms with Crippen molar-refractivity contribution in [1.82, 2.24) is 5.32 Å². The first kappa shape index (κ1) is 12.0. The fourth-order valence-electron chi connectivity index (χ4n) is 1.19. The number of phenolic OH excluding ortho intramolecular Hbond substituents is 1. The number of amides is 1. The lowest BCUT2D eigenvalue weighted by molar-refractivity contribution is -0.141. The Hall–Kier alpha value is -2.04. The van der Waals surface area contributed by atoms with Crippen LogP contribution in [-0.4, -0.2) is 28.1 Å². The number of hydrogen-bond acceptors (Lipinski definition) is 3. The third kappa shape index (κ3) is 3.27. The first-order valence-corrected chi connectivity index (χ1v) is 4.79. The molecule has 0 aliphatic rings. The van der Waals surface area contributed by atoms with Crippen LogP contribution in [0.2, 0.25) is 0 Å². The molecule has 0 fully saturated rings. The van der Waals surface area contributed by atoms with Gasteiger partial charge in [0.15, 0.2) is 0 Å². The monoisotopic (exact) mass is 223 g/mol. The Bertz CT molecular complexity index is 403. The number of nitrogens with one attached hydrogen (secondary N) is 1. The van der Waals surface area contributed by atoms with Crippen LogP contribution >= 0.6 is 0 Å².